The van der Waals surface area contributed by atoms with Crippen LogP contribution in [0, 0.1) is 0 Å². The monoisotopic (exact) mass is 384 g/mol. The van der Waals surface area contributed by atoms with Crippen LogP contribution in [-0.2, 0) is 24.3 Å². The highest BCUT2D eigenvalue weighted by atomic mass is 16.5. The van der Waals surface area contributed by atoms with Crippen LogP contribution >= 0.6 is 0 Å². The fourth-order valence-corrected chi connectivity index (χ4v) is 3.53. The fourth-order valence-electron chi connectivity index (χ4n) is 3.53. The van der Waals surface area contributed by atoms with Crippen molar-refractivity contribution >= 4 is 5.91 Å². The molecular weight excluding hydrogens is 352 g/mol. The van der Waals surface area contributed by atoms with Gasteiger partial charge in [0.25, 0.3) is 0 Å². The molecule has 152 valence electrons. The van der Waals surface area contributed by atoms with Crippen molar-refractivity contribution in [1.29, 1.82) is 0 Å². The standard InChI is InChI=1S/C22H32N4O2/c1-17(2)22-24-21(28-25-22)12-8-11-20(27)23-15-18-9-4-5-10-19(18)16-26-13-6-3-7-14-26/h4-5,9-10,17H,3,6-8,11-16H2,1-2H3,(H,23,27). The molecule has 0 spiro atoms. The van der Waals surface area contributed by atoms with E-state index in [-0.39, 0.29) is 11.8 Å². The summed E-state index contributed by atoms with van der Waals surface area (Å²) < 4.78 is 5.23. The summed E-state index contributed by atoms with van der Waals surface area (Å²) in [7, 11) is 0. The summed E-state index contributed by atoms with van der Waals surface area (Å²) >= 11 is 0. The zero-order valence-electron chi connectivity index (χ0n) is 17.1. The number of carbonyl (C=O) groups is 1. The van der Waals surface area contributed by atoms with Gasteiger partial charge >= 0.3 is 0 Å². The second kappa shape index (κ2) is 10.4. The van der Waals surface area contributed by atoms with Gasteiger partial charge < -0.3 is 9.84 Å². The van der Waals surface area contributed by atoms with Gasteiger partial charge in [-0.05, 0) is 43.5 Å². The van der Waals surface area contributed by atoms with Crippen molar-refractivity contribution in [2.75, 3.05) is 13.1 Å². The van der Waals surface area contributed by atoms with E-state index in [1.165, 1.54) is 43.5 Å². The van der Waals surface area contributed by atoms with Gasteiger partial charge in [-0.25, -0.2) is 0 Å². The second-order valence-electron chi connectivity index (χ2n) is 7.94. The van der Waals surface area contributed by atoms with Gasteiger partial charge in [-0.2, -0.15) is 4.98 Å². The second-order valence-corrected chi connectivity index (χ2v) is 7.94. The van der Waals surface area contributed by atoms with Crippen molar-refractivity contribution in [3.63, 3.8) is 0 Å². The summed E-state index contributed by atoms with van der Waals surface area (Å²) in [6, 6.07) is 8.42. The van der Waals surface area contributed by atoms with Gasteiger partial charge in [0.2, 0.25) is 11.8 Å². The van der Waals surface area contributed by atoms with Crippen LogP contribution in [0.25, 0.3) is 0 Å². The van der Waals surface area contributed by atoms with Crippen LogP contribution in [0.3, 0.4) is 0 Å². The molecule has 0 saturated carbocycles. The molecule has 1 fully saturated rings. The van der Waals surface area contributed by atoms with Gasteiger partial charge in [0.15, 0.2) is 5.82 Å². The van der Waals surface area contributed by atoms with Crippen LogP contribution in [0.2, 0.25) is 0 Å². The molecule has 2 aromatic rings. The molecule has 2 heterocycles. The molecule has 1 aliphatic rings. The largest absolute Gasteiger partial charge is 0.352 e. The summed E-state index contributed by atoms with van der Waals surface area (Å²) in [5, 5.41) is 7.02. The molecule has 0 unspecified atom stereocenters. The molecule has 6 nitrogen and oxygen atoms in total. The molecule has 0 bridgehead atoms. The van der Waals surface area contributed by atoms with E-state index in [0.29, 0.717) is 31.7 Å². The first-order valence-corrected chi connectivity index (χ1v) is 10.5. The Balaban J connectivity index is 1.42. The van der Waals surface area contributed by atoms with E-state index >= 15 is 0 Å². The number of nitrogens with one attached hydrogen (secondary N) is 1. The molecule has 1 aromatic carbocycles. The maximum atomic E-state index is 12.2. The third-order valence-electron chi connectivity index (χ3n) is 5.23. The molecule has 1 saturated heterocycles. The molecule has 1 aromatic heterocycles. The summed E-state index contributed by atoms with van der Waals surface area (Å²) in [6.45, 7) is 7.97. The lowest BCUT2D eigenvalue weighted by molar-refractivity contribution is -0.121. The van der Waals surface area contributed by atoms with Crippen LogP contribution < -0.4 is 5.32 Å². The number of hydrogen-bond donors (Lipinski definition) is 1. The van der Waals surface area contributed by atoms with Crippen molar-refractivity contribution in [3.8, 4) is 0 Å². The van der Waals surface area contributed by atoms with E-state index < -0.39 is 0 Å². The molecule has 1 amide bonds. The van der Waals surface area contributed by atoms with Crippen LogP contribution in [0.1, 0.15) is 74.7 Å². The van der Waals surface area contributed by atoms with Crippen molar-refractivity contribution in [3.05, 3.63) is 47.1 Å². The number of aryl methyl sites for hydroxylation is 1. The Morgan fingerprint density at radius 1 is 1.18 bits per heavy atom. The van der Waals surface area contributed by atoms with Gasteiger partial charge in [-0.15, -0.1) is 0 Å². The molecule has 1 aliphatic heterocycles. The Hall–Kier alpha value is -2.21. The summed E-state index contributed by atoms with van der Waals surface area (Å²) in [5.74, 6) is 1.66. The first-order chi connectivity index (χ1) is 13.6. The number of hydrogen-bond acceptors (Lipinski definition) is 5. The Morgan fingerprint density at radius 3 is 2.64 bits per heavy atom. The Morgan fingerprint density at radius 2 is 1.93 bits per heavy atom. The SMILES string of the molecule is CC(C)c1noc(CCCC(=O)NCc2ccccc2CN2CCCCC2)n1. The van der Waals surface area contributed by atoms with E-state index in [9.17, 15) is 4.79 Å². The number of amides is 1. The topological polar surface area (TPSA) is 71.3 Å². The highest BCUT2D eigenvalue weighted by molar-refractivity contribution is 5.75. The number of likely N-dealkylation sites (tertiary alicyclic amines) is 1. The highest BCUT2D eigenvalue weighted by Crippen LogP contribution is 2.16. The van der Waals surface area contributed by atoms with Crippen molar-refractivity contribution in [2.45, 2.75) is 71.4 Å². The van der Waals surface area contributed by atoms with Gasteiger partial charge in [-0.3, -0.25) is 9.69 Å². The average Bonchev–Trinajstić information content (AvgIpc) is 3.17. The molecule has 3 rings (SSSR count). The maximum Gasteiger partial charge on any atom is 0.226 e. The van der Waals surface area contributed by atoms with Gasteiger partial charge in [-0.1, -0.05) is 49.7 Å². The van der Waals surface area contributed by atoms with Gasteiger partial charge in [0.1, 0.15) is 0 Å². The zero-order chi connectivity index (χ0) is 19.8. The van der Waals surface area contributed by atoms with E-state index in [0.717, 1.165) is 12.4 Å². The quantitative estimate of drug-likeness (QED) is 0.712. The van der Waals surface area contributed by atoms with Gasteiger partial charge in [0, 0.05) is 31.8 Å². The van der Waals surface area contributed by atoms with Crippen LogP contribution in [0.4, 0.5) is 0 Å². The normalized spacial score (nSPS) is 15.1. The number of benzene rings is 1. The predicted octanol–water partition coefficient (Wildman–Crippen LogP) is 3.82. The molecule has 0 atom stereocenters. The molecule has 1 N–H and O–H groups in total. The zero-order valence-corrected chi connectivity index (χ0v) is 17.1. The minimum atomic E-state index is 0.0661. The number of piperidine rings is 1. The molecule has 0 radical (unpaired) electrons. The Bertz CT molecular complexity index is 750. The third-order valence-corrected chi connectivity index (χ3v) is 5.23. The summed E-state index contributed by atoms with van der Waals surface area (Å²) in [4.78, 5) is 19.1. The fraction of sp³-hybridized carbons (Fsp3) is 0.591. The number of nitrogens with zero attached hydrogens (tertiary/aromatic N) is 3. The average molecular weight is 385 g/mol. The van der Waals surface area contributed by atoms with E-state index in [1.807, 2.05) is 19.9 Å². The van der Waals surface area contributed by atoms with Crippen LogP contribution in [0.5, 0.6) is 0 Å². The van der Waals surface area contributed by atoms with E-state index in [2.05, 4.69) is 38.6 Å². The lowest BCUT2D eigenvalue weighted by atomic mass is 10.0. The van der Waals surface area contributed by atoms with Crippen molar-refractivity contribution in [2.24, 2.45) is 0 Å². The van der Waals surface area contributed by atoms with E-state index in [4.69, 9.17) is 4.52 Å². The number of carbonyl (C=O) groups excluding carboxylic acids is 1. The lowest BCUT2D eigenvalue weighted by Gasteiger charge is -2.27. The molecule has 0 aliphatic carbocycles. The Kier molecular flexibility index (Phi) is 7.60. The van der Waals surface area contributed by atoms with Crippen LogP contribution in [0.15, 0.2) is 28.8 Å². The van der Waals surface area contributed by atoms with Crippen LogP contribution in [-0.4, -0.2) is 34.0 Å². The maximum absolute atomic E-state index is 12.2. The first kappa shape index (κ1) is 20.5. The lowest BCUT2D eigenvalue weighted by Crippen LogP contribution is -2.30. The first-order valence-electron chi connectivity index (χ1n) is 10.5. The van der Waals surface area contributed by atoms with Gasteiger partial charge in [0.05, 0.1) is 0 Å². The molecular formula is C22H32N4O2. The highest BCUT2D eigenvalue weighted by Gasteiger charge is 2.13. The Labute approximate surface area is 167 Å². The summed E-state index contributed by atoms with van der Waals surface area (Å²) in [5.41, 5.74) is 2.52. The van der Waals surface area contributed by atoms with E-state index in [1.54, 1.807) is 0 Å². The third kappa shape index (κ3) is 6.16. The predicted molar refractivity (Wildman–Crippen MR) is 109 cm³/mol. The van der Waals surface area contributed by atoms with Crippen molar-refractivity contribution < 1.29 is 9.32 Å². The smallest absolute Gasteiger partial charge is 0.226 e. The minimum absolute atomic E-state index is 0.0661. The minimum Gasteiger partial charge on any atom is -0.352 e. The number of aromatic nitrogens is 2. The number of rotatable bonds is 9. The summed E-state index contributed by atoms with van der Waals surface area (Å²) in [6.07, 6.45) is 5.74. The molecule has 6 heteroatoms. The molecule has 28 heavy (non-hydrogen) atoms. The van der Waals surface area contributed by atoms with Crippen molar-refractivity contribution in [1.82, 2.24) is 20.4 Å².